The van der Waals surface area contributed by atoms with Crippen LogP contribution in [0.3, 0.4) is 0 Å². The second kappa shape index (κ2) is 7.42. The summed E-state index contributed by atoms with van der Waals surface area (Å²) in [6, 6.07) is 24.7. The third-order valence-electron chi connectivity index (χ3n) is 4.32. The SMILES string of the molecule is COc1ccccc1-c1nc(-c2ccccc2)bc(-c2ccccc2O)n1. The third-order valence-corrected chi connectivity index (χ3v) is 4.32. The van der Waals surface area contributed by atoms with E-state index >= 15 is 0 Å². The van der Waals surface area contributed by atoms with Crippen molar-refractivity contribution >= 4 is 6.91 Å². The Morgan fingerprint density at radius 2 is 1.37 bits per heavy atom. The Kier molecular flexibility index (Phi) is 4.66. The Hall–Kier alpha value is -3.47. The molecule has 0 aliphatic carbocycles. The van der Waals surface area contributed by atoms with Gasteiger partial charge in [-0.25, -0.2) is 0 Å². The van der Waals surface area contributed by atoms with Gasteiger partial charge in [-0.1, -0.05) is 0 Å². The molecule has 0 spiro atoms. The van der Waals surface area contributed by atoms with E-state index in [0.29, 0.717) is 22.7 Å². The molecule has 1 N–H and O–H groups in total. The van der Waals surface area contributed by atoms with Crippen LogP contribution in [-0.4, -0.2) is 29.1 Å². The molecule has 4 nitrogen and oxygen atoms in total. The molecule has 0 bridgehead atoms. The first-order valence-corrected chi connectivity index (χ1v) is 8.62. The summed E-state index contributed by atoms with van der Waals surface area (Å²) in [5, 5.41) is 10.3. The van der Waals surface area contributed by atoms with Crippen molar-refractivity contribution in [3.05, 3.63) is 78.9 Å². The van der Waals surface area contributed by atoms with Gasteiger partial charge in [0.2, 0.25) is 0 Å². The molecule has 0 fully saturated rings. The molecule has 4 rings (SSSR count). The molecule has 0 saturated heterocycles. The van der Waals surface area contributed by atoms with E-state index in [-0.39, 0.29) is 5.75 Å². The van der Waals surface area contributed by atoms with E-state index in [1.165, 1.54) is 0 Å². The zero-order valence-electron chi connectivity index (χ0n) is 14.8. The van der Waals surface area contributed by atoms with Crippen LogP contribution in [0.5, 0.6) is 11.5 Å². The summed E-state index contributed by atoms with van der Waals surface area (Å²) in [5.41, 5.74) is 3.88. The number of rotatable bonds is 4. The topological polar surface area (TPSA) is 55.2 Å². The Morgan fingerprint density at radius 3 is 2.11 bits per heavy atom. The van der Waals surface area contributed by atoms with Crippen LogP contribution < -0.4 is 4.74 Å². The van der Waals surface area contributed by atoms with Gasteiger partial charge in [0.1, 0.15) is 0 Å². The molecule has 4 aromatic rings. The third kappa shape index (κ3) is 3.44. The van der Waals surface area contributed by atoms with Crippen LogP contribution in [0.2, 0.25) is 0 Å². The van der Waals surface area contributed by atoms with Gasteiger partial charge in [-0.05, 0) is 0 Å². The molecule has 130 valence electrons. The number of hydrogen-bond donors (Lipinski definition) is 1. The fraction of sp³-hybridized carbons (Fsp3) is 0.0455. The maximum atomic E-state index is 10.3. The van der Waals surface area contributed by atoms with Crippen LogP contribution in [0.4, 0.5) is 0 Å². The van der Waals surface area contributed by atoms with Crippen molar-refractivity contribution in [1.82, 2.24) is 9.97 Å². The van der Waals surface area contributed by atoms with E-state index in [1.54, 1.807) is 19.2 Å². The van der Waals surface area contributed by atoms with Crippen LogP contribution in [-0.2, 0) is 0 Å². The molecule has 0 atom stereocenters. The quantitative estimate of drug-likeness (QED) is 0.586. The molecule has 5 heteroatoms. The second-order valence-corrected chi connectivity index (χ2v) is 6.05. The van der Waals surface area contributed by atoms with E-state index in [9.17, 15) is 5.11 Å². The van der Waals surface area contributed by atoms with Gasteiger partial charge < -0.3 is 0 Å². The fourth-order valence-electron chi connectivity index (χ4n) is 2.98. The summed E-state index contributed by atoms with van der Waals surface area (Å²) < 4.78 is 5.49. The first-order chi connectivity index (χ1) is 13.3. The summed E-state index contributed by atoms with van der Waals surface area (Å²) in [6.45, 7) is 1.89. The van der Waals surface area contributed by atoms with Gasteiger partial charge >= 0.3 is 158 Å². The molecular formula is C22H17BN2O2. The summed E-state index contributed by atoms with van der Waals surface area (Å²) in [7, 11) is 1.63. The number of phenols is 1. The van der Waals surface area contributed by atoms with Gasteiger partial charge in [0, 0.05) is 0 Å². The van der Waals surface area contributed by atoms with Crippen LogP contribution in [0, 0.1) is 0 Å². The van der Waals surface area contributed by atoms with E-state index in [0.717, 1.165) is 16.7 Å². The minimum atomic E-state index is 0.182. The van der Waals surface area contributed by atoms with Crippen molar-refractivity contribution in [3.8, 4) is 45.2 Å². The van der Waals surface area contributed by atoms with E-state index in [2.05, 4.69) is 0 Å². The number of phenolic OH excluding ortho intramolecular Hbond substituents is 1. The van der Waals surface area contributed by atoms with Gasteiger partial charge in [-0.2, -0.15) is 0 Å². The molecule has 0 aliphatic rings. The molecule has 0 amide bonds. The predicted molar refractivity (Wildman–Crippen MR) is 108 cm³/mol. The average molecular weight is 352 g/mol. The fourth-order valence-corrected chi connectivity index (χ4v) is 2.98. The zero-order chi connectivity index (χ0) is 18.6. The molecular weight excluding hydrogens is 335 g/mol. The molecule has 0 unspecified atom stereocenters. The van der Waals surface area contributed by atoms with E-state index in [1.807, 2.05) is 73.6 Å². The standard InChI is InChI=1S/C22H17BN2O2/c1-27-19-14-8-6-12-17(19)22-24-20(15-9-3-2-4-10-15)23-21(25-22)16-11-5-7-13-18(16)26/h2-14,26H,1H3. The van der Waals surface area contributed by atoms with Crippen molar-refractivity contribution in [2.75, 3.05) is 7.11 Å². The number of para-hydroxylation sites is 2. The van der Waals surface area contributed by atoms with Gasteiger partial charge in [-0.3, -0.25) is 0 Å². The molecule has 0 radical (unpaired) electrons. The average Bonchev–Trinajstić information content (AvgIpc) is 2.74. The summed E-state index contributed by atoms with van der Waals surface area (Å²) in [5.74, 6) is 1.43. The van der Waals surface area contributed by atoms with Gasteiger partial charge in [0.05, 0.1) is 0 Å². The van der Waals surface area contributed by atoms with Gasteiger partial charge in [0.15, 0.2) is 0 Å². The summed E-state index contributed by atoms with van der Waals surface area (Å²) in [4.78, 5) is 9.48. The Balaban J connectivity index is 1.97. The maximum absolute atomic E-state index is 10.3. The summed E-state index contributed by atoms with van der Waals surface area (Å²) >= 11 is 0. The van der Waals surface area contributed by atoms with Gasteiger partial charge in [0.25, 0.3) is 0 Å². The monoisotopic (exact) mass is 352 g/mol. The predicted octanol–water partition coefficient (Wildman–Crippen LogP) is 4.53. The molecule has 0 saturated carbocycles. The van der Waals surface area contributed by atoms with E-state index in [4.69, 9.17) is 14.7 Å². The van der Waals surface area contributed by atoms with Crippen molar-refractivity contribution in [2.24, 2.45) is 0 Å². The van der Waals surface area contributed by atoms with Crippen LogP contribution >= 0.6 is 0 Å². The summed E-state index contributed by atoms with van der Waals surface area (Å²) in [6.07, 6.45) is 0. The zero-order valence-corrected chi connectivity index (χ0v) is 14.8. The number of benzene rings is 3. The minimum absolute atomic E-state index is 0.182. The van der Waals surface area contributed by atoms with E-state index < -0.39 is 0 Å². The number of ether oxygens (including phenoxy) is 1. The first-order valence-electron chi connectivity index (χ1n) is 8.62. The van der Waals surface area contributed by atoms with Crippen LogP contribution in [0.25, 0.3) is 33.7 Å². The Labute approximate surface area is 158 Å². The van der Waals surface area contributed by atoms with Crippen LogP contribution in [0.1, 0.15) is 0 Å². The van der Waals surface area contributed by atoms with Crippen molar-refractivity contribution in [1.29, 1.82) is 0 Å². The number of nitrogens with zero attached hydrogens (tertiary/aromatic N) is 2. The van der Waals surface area contributed by atoms with Gasteiger partial charge in [-0.15, -0.1) is 0 Å². The second-order valence-electron chi connectivity index (χ2n) is 6.05. The molecule has 3 aromatic carbocycles. The number of aromatic hydroxyl groups is 1. The molecule has 27 heavy (non-hydrogen) atoms. The molecule has 1 heterocycles. The first kappa shape index (κ1) is 17.0. The normalized spacial score (nSPS) is 10.4. The number of aromatic nitrogens is 2. The number of methoxy groups -OCH3 is 1. The number of hydrogen-bond acceptors (Lipinski definition) is 4. The van der Waals surface area contributed by atoms with Crippen LogP contribution in [0.15, 0.2) is 78.9 Å². The van der Waals surface area contributed by atoms with Crippen molar-refractivity contribution in [2.45, 2.75) is 0 Å². The Morgan fingerprint density at radius 1 is 0.741 bits per heavy atom. The molecule has 0 aliphatic heterocycles. The van der Waals surface area contributed by atoms with Crippen molar-refractivity contribution in [3.63, 3.8) is 0 Å². The van der Waals surface area contributed by atoms with Crippen molar-refractivity contribution < 1.29 is 9.84 Å². The molecule has 1 aromatic heterocycles. The Bertz CT molecular complexity index is 1080.